The standard InChI is InChI=1S/C7H9NS/c1-9-6-7-2-4-8-5-3-7/h2-5H,6H2,1H3. The van der Waals surface area contributed by atoms with Crippen molar-refractivity contribution in [2.24, 2.45) is 0 Å². The third-order valence-corrected chi connectivity index (χ3v) is 1.68. The normalized spacial score (nSPS) is 9.44. The zero-order valence-electron chi connectivity index (χ0n) is 5.37. The van der Waals surface area contributed by atoms with Gasteiger partial charge in [-0.25, -0.2) is 0 Å². The first kappa shape index (κ1) is 6.62. The number of nitrogens with zero attached hydrogens (tertiary/aromatic N) is 1. The van der Waals surface area contributed by atoms with Crippen LogP contribution in [0.2, 0.25) is 0 Å². The first-order valence-electron chi connectivity index (χ1n) is 2.81. The van der Waals surface area contributed by atoms with Gasteiger partial charge >= 0.3 is 0 Å². The summed E-state index contributed by atoms with van der Waals surface area (Å²) in [6, 6.07) is 4.08. The molecular weight excluding hydrogens is 130 g/mol. The maximum atomic E-state index is 3.92. The summed E-state index contributed by atoms with van der Waals surface area (Å²) in [4.78, 5) is 3.92. The lowest BCUT2D eigenvalue weighted by molar-refractivity contribution is 1.27. The van der Waals surface area contributed by atoms with Gasteiger partial charge < -0.3 is 0 Å². The van der Waals surface area contributed by atoms with E-state index in [0.717, 1.165) is 5.75 Å². The molecule has 0 bridgehead atoms. The van der Waals surface area contributed by atoms with Crippen molar-refractivity contribution < 1.29 is 0 Å². The lowest BCUT2D eigenvalue weighted by atomic mass is 10.3. The fourth-order valence-corrected chi connectivity index (χ4v) is 1.17. The van der Waals surface area contributed by atoms with Crippen molar-refractivity contribution >= 4 is 11.8 Å². The Morgan fingerprint density at radius 3 is 2.67 bits per heavy atom. The topological polar surface area (TPSA) is 12.9 Å². The monoisotopic (exact) mass is 139 g/mol. The lowest BCUT2D eigenvalue weighted by Gasteiger charge is -1.93. The quantitative estimate of drug-likeness (QED) is 0.621. The highest BCUT2D eigenvalue weighted by Crippen LogP contribution is 2.05. The van der Waals surface area contributed by atoms with Gasteiger partial charge in [0.15, 0.2) is 0 Å². The maximum absolute atomic E-state index is 3.92. The summed E-state index contributed by atoms with van der Waals surface area (Å²) in [5.74, 6) is 1.09. The molecule has 1 rings (SSSR count). The van der Waals surface area contributed by atoms with Crippen LogP contribution in [0.1, 0.15) is 5.56 Å². The number of hydrogen-bond donors (Lipinski definition) is 0. The molecular formula is C7H9NS. The average molecular weight is 139 g/mol. The minimum absolute atomic E-state index is 1.09. The van der Waals surface area contributed by atoms with Gasteiger partial charge in [-0.3, -0.25) is 4.98 Å². The number of aromatic nitrogens is 1. The highest BCUT2D eigenvalue weighted by atomic mass is 32.2. The van der Waals surface area contributed by atoms with E-state index in [0.29, 0.717) is 0 Å². The fraction of sp³-hybridized carbons (Fsp3) is 0.286. The second kappa shape index (κ2) is 3.51. The molecule has 0 radical (unpaired) electrons. The van der Waals surface area contributed by atoms with Crippen molar-refractivity contribution in [2.45, 2.75) is 5.75 Å². The molecule has 0 aliphatic carbocycles. The molecule has 0 aliphatic rings. The third-order valence-electron chi connectivity index (χ3n) is 1.06. The first-order chi connectivity index (χ1) is 4.43. The van der Waals surface area contributed by atoms with E-state index in [1.54, 1.807) is 0 Å². The van der Waals surface area contributed by atoms with Crippen molar-refractivity contribution in [3.05, 3.63) is 30.1 Å². The summed E-state index contributed by atoms with van der Waals surface area (Å²) in [6.45, 7) is 0. The summed E-state index contributed by atoms with van der Waals surface area (Å²) in [7, 11) is 0. The van der Waals surface area contributed by atoms with E-state index in [2.05, 4.69) is 11.2 Å². The van der Waals surface area contributed by atoms with Crippen LogP contribution in [0.15, 0.2) is 24.5 Å². The zero-order chi connectivity index (χ0) is 6.53. The Kier molecular flexibility index (Phi) is 2.58. The van der Waals surface area contributed by atoms with E-state index >= 15 is 0 Å². The number of pyridine rings is 1. The predicted molar refractivity (Wildman–Crippen MR) is 41.5 cm³/mol. The molecule has 9 heavy (non-hydrogen) atoms. The molecule has 0 aliphatic heterocycles. The van der Waals surface area contributed by atoms with Crippen LogP contribution in [0.5, 0.6) is 0 Å². The molecule has 0 amide bonds. The van der Waals surface area contributed by atoms with Crippen molar-refractivity contribution in [1.29, 1.82) is 0 Å². The maximum Gasteiger partial charge on any atom is 0.0270 e. The summed E-state index contributed by atoms with van der Waals surface area (Å²) in [6.07, 6.45) is 5.75. The van der Waals surface area contributed by atoms with Gasteiger partial charge in [-0.15, -0.1) is 0 Å². The predicted octanol–water partition coefficient (Wildman–Crippen LogP) is 1.94. The average Bonchev–Trinajstić information content (AvgIpc) is 1.91. The minimum Gasteiger partial charge on any atom is -0.265 e. The largest absolute Gasteiger partial charge is 0.265 e. The Morgan fingerprint density at radius 1 is 1.44 bits per heavy atom. The summed E-state index contributed by atoms with van der Waals surface area (Å²) < 4.78 is 0. The third kappa shape index (κ3) is 2.06. The van der Waals surface area contributed by atoms with E-state index in [-0.39, 0.29) is 0 Å². The molecule has 0 aromatic carbocycles. The fourth-order valence-electron chi connectivity index (χ4n) is 0.646. The number of hydrogen-bond acceptors (Lipinski definition) is 2. The van der Waals surface area contributed by atoms with Crippen LogP contribution in [-0.2, 0) is 5.75 Å². The van der Waals surface area contributed by atoms with Gasteiger partial charge in [0.1, 0.15) is 0 Å². The van der Waals surface area contributed by atoms with Gasteiger partial charge in [-0.05, 0) is 24.0 Å². The molecule has 0 unspecified atom stereocenters. The Hall–Kier alpha value is -0.500. The molecule has 0 atom stereocenters. The first-order valence-corrected chi connectivity index (χ1v) is 4.20. The molecule has 0 N–H and O–H groups in total. The van der Waals surface area contributed by atoms with Gasteiger partial charge in [0, 0.05) is 18.1 Å². The van der Waals surface area contributed by atoms with Crippen molar-refractivity contribution in [3.8, 4) is 0 Å². The van der Waals surface area contributed by atoms with Gasteiger partial charge in [0.05, 0.1) is 0 Å². The smallest absolute Gasteiger partial charge is 0.0270 e. The Bertz CT molecular complexity index is 162. The SMILES string of the molecule is CSCc1ccncc1. The molecule has 1 heterocycles. The summed E-state index contributed by atoms with van der Waals surface area (Å²) in [5, 5.41) is 0. The molecule has 1 nitrogen and oxygen atoms in total. The minimum atomic E-state index is 1.09. The highest BCUT2D eigenvalue weighted by Gasteiger charge is 1.85. The van der Waals surface area contributed by atoms with E-state index in [4.69, 9.17) is 0 Å². The summed E-state index contributed by atoms with van der Waals surface area (Å²) >= 11 is 1.83. The molecule has 0 spiro atoms. The highest BCUT2D eigenvalue weighted by molar-refractivity contribution is 7.97. The molecule has 1 aromatic heterocycles. The van der Waals surface area contributed by atoms with Gasteiger partial charge in [-0.2, -0.15) is 11.8 Å². The van der Waals surface area contributed by atoms with Crippen molar-refractivity contribution in [3.63, 3.8) is 0 Å². The molecule has 0 saturated heterocycles. The van der Waals surface area contributed by atoms with Gasteiger partial charge in [0.25, 0.3) is 0 Å². The lowest BCUT2D eigenvalue weighted by Crippen LogP contribution is -1.77. The van der Waals surface area contributed by atoms with Crippen LogP contribution < -0.4 is 0 Å². The Morgan fingerprint density at radius 2 is 2.11 bits per heavy atom. The van der Waals surface area contributed by atoms with E-state index in [9.17, 15) is 0 Å². The second-order valence-corrected chi connectivity index (χ2v) is 2.65. The van der Waals surface area contributed by atoms with Crippen molar-refractivity contribution in [2.75, 3.05) is 6.26 Å². The van der Waals surface area contributed by atoms with Gasteiger partial charge in [0.2, 0.25) is 0 Å². The van der Waals surface area contributed by atoms with E-state index in [1.807, 2.05) is 36.3 Å². The Balaban J connectivity index is 2.61. The summed E-state index contributed by atoms with van der Waals surface area (Å²) in [5.41, 5.74) is 1.34. The van der Waals surface area contributed by atoms with Crippen LogP contribution in [0.3, 0.4) is 0 Å². The van der Waals surface area contributed by atoms with Crippen LogP contribution in [0, 0.1) is 0 Å². The van der Waals surface area contributed by atoms with Crippen LogP contribution in [0.25, 0.3) is 0 Å². The van der Waals surface area contributed by atoms with Crippen LogP contribution in [0.4, 0.5) is 0 Å². The Labute approximate surface area is 59.5 Å². The van der Waals surface area contributed by atoms with E-state index in [1.165, 1.54) is 5.56 Å². The molecule has 2 heteroatoms. The molecule has 48 valence electrons. The zero-order valence-corrected chi connectivity index (χ0v) is 6.19. The second-order valence-electron chi connectivity index (χ2n) is 1.79. The van der Waals surface area contributed by atoms with E-state index < -0.39 is 0 Å². The van der Waals surface area contributed by atoms with Crippen LogP contribution >= 0.6 is 11.8 Å². The van der Waals surface area contributed by atoms with Crippen LogP contribution in [-0.4, -0.2) is 11.2 Å². The molecule has 0 fully saturated rings. The number of thioether (sulfide) groups is 1. The van der Waals surface area contributed by atoms with Crippen molar-refractivity contribution in [1.82, 2.24) is 4.98 Å². The molecule has 0 saturated carbocycles. The molecule has 1 aromatic rings. The number of rotatable bonds is 2. The van der Waals surface area contributed by atoms with Gasteiger partial charge in [-0.1, -0.05) is 0 Å².